The highest BCUT2D eigenvalue weighted by Crippen LogP contribution is 2.77. The maximum atomic E-state index is 14.4. The lowest BCUT2D eigenvalue weighted by Crippen LogP contribution is -2.66. The van der Waals surface area contributed by atoms with Gasteiger partial charge in [0.2, 0.25) is 0 Å². The Morgan fingerprint density at radius 1 is 0.493 bits per heavy atom. The van der Waals surface area contributed by atoms with Gasteiger partial charge in [0.15, 0.2) is 11.6 Å². The molecule has 0 aromatic rings. The molecule has 0 aromatic carbocycles. The lowest BCUT2D eigenvalue weighted by atomic mass is 9.33. The molecule has 398 valence electrons. The largest absolute Gasteiger partial charge is 0.469 e. The molecule has 0 saturated heterocycles. The first-order valence-electron chi connectivity index (χ1n) is 28.6. The maximum Gasteiger partial charge on any atom is 0.311 e. The van der Waals surface area contributed by atoms with Crippen molar-refractivity contribution in [3.8, 4) is 0 Å². The smallest absolute Gasteiger partial charge is 0.311 e. The molecule has 10 aliphatic carbocycles. The molecule has 0 radical (unpaired) electrons. The number of carbonyl (C=O) groups is 4. The number of aliphatic hydroxyl groups excluding tert-OH is 1. The Labute approximate surface area is 430 Å². The van der Waals surface area contributed by atoms with Crippen molar-refractivity contribution in [1.29, 1.82) is 0 Å². The SMILES string of the molecule is COC(=O)[C@@]1(C)CC[C@]2(C)CC[C@]3(C)C(=CC(=O)[C@@H]4[C@@]5(C)CC[C@H](O)C(C)(C)[C@@H]5CC[C@]43C)[C@H]2C1.COC(=O)[C@@]1(C)CC[C@]2(C)CC[C@]3(C)C(=CC(=O)[C@@H]4[C@@]5(C)CC[C@H](OC)C(C)(C)[C@@H]5CC[C@]43C)[C@H]2C1. The van der Waals surface area contributed by atoms with Gasteiger partial charge < -0.3 is 19.3 Å². The molecule has 8 nitrogen and oxygen atoms in total. The molecular weight excluding hydrogens is 885 g/mol. The van der Waals surface area contributed by atoms with Crippen LogP contribution < -0.4 is 0 Å². The number of aliphatic hydroxyl groups is 1. The Balaban J connectivity index is 0.000000176. The fourth-order valence-electron chi connectivity index (χ4n) is 21.6. The van der Waals surface area contributed by atoms with Crippen LogP contribution in [0.5, 0.6) is 0 Å². The summed E-state index contributed by atoms with van der Waals surface area (Å²) in [7, 11) is 4.87. The highest BCUT2D eigenvalue weighted by Gasteiger charge is 2.72. The standard InChI is InChI=1S/C32H50O4.C31H48O4/c1-27(2)23-10-13-32(7)25(30(23,5)12-11-24(27)35-8)22(33)18-20-21-19-29(4,26(34)36-9)15-14-28(21,3)16-17-31(20,32)6;1-26(2)22-9-12-31(7)24(29(22,5)11-10-23(26)33)21(32)17-19-20-18-28(4,25(34)35-8)14-13-27(20,3)15-16-30(19,31)6/h18,21,23-25H,10-17,19H2,1-9H3;17,20,22-24,33H,9-16,18H2,1-8H3/t21-,23+,24+,25-,28-,29+,30+,31-,32-;20-,22+,23+,24-,27-,28+,29+,30-,31-/m11/s1. The summed E-state index contributed by atoms with van der Waals surface area (Å²) < 4.78 is 16.5. The number of esters is 2. The molecule has 71 heavy (non-hydrogen) atoms. The van der Waals surface area contributed by atoms with Crippen molar-refractivity contribution in [3.05, 3.63) is 23.3 Å². The Kier molecular flexibility index (Phi) is 12.5. The molecule has 8 heteroatoms. The lowest BCUT2D eigenvalue weighted by Gasteiger charge is -2.70. The number of allylic oxidation sites excluding steroid dienone is 4. The first kappa shape index (κ1) is 53.5. The van der Waals surface area contributed by atoms with E-state index in [4.69, 9.17) is 14.2 Å². The minimum Gasteiger partial charge on any atom is -0.469 e. The number of hydrogen-bond acceptors (Lipinski definition) is 8. The van der Waals surface area contributed by atoms with Crippen molar-refractivity contribution in [2.75, 3.05) is 21.3 Å². The van der Waals surface area contributed by atoms with Crippen LogP contribution in [0.2, 0.25) is 0 Å². The van der Waals surface area contributed by atoms with E-state index in [2.05, 4.69) is 109 Å². The molecule has 0 unspecified atom stereocenters. The summed E-state index contributed by atoms with van der Waals surface area (Å²) in [5.41, 5.74) is 1.62. The Hall–Kier alpha value is -2.32. The third kappa shape index (κ3) is 7.04. The van der Waals surface area contributed by atoms with E-state index >= 15 is 0 Å². The summed E-state index contributed by atoms with van der Waals surface area (Å²) in [6.07, 6.45) is 22.3. The monoisotopic (exact) mass is 983 g/mol. The molecule has 0 heterocycles. The van der Waals surface area contributed by atoms with Crippen LogP contribution in [-0.2, 0) is 33.4 Å². The molecule has 0 bridgehead atoms. The van der Waals surface area contributed by atoms with Crippen LogP contribution in [0.1, 0.15) is 213 Å². The quantitative estimate of drug-likeness (QED) is 0.278. The highest BCUT2D eigenvalue weighted by molar-refractivity contribution is 5.96. The summed E-state index contributed by atoms with van der Waals surface area (Å²) in [5, 5.41) is 10.9. The number of carbonyl (C=O) groups excluding carboxylic acids is 4. The van der Waals surface area contributed by atoms with Gasteiger partial charge in [0.1, 0.15) is 0 Å². The maximum absolute atomic E-state index is 14.4. The number of fused-ring (bicyclic) bond motifs is 14. The van der Waals surface area contributed by atoms with Gasteiger partial charge in [0.25, 0.3) is 0 Å². The van der Waals surface area contributed by atoms with Crippen LogP contribution in [-0.4, -0.2) is 62.1 Å². The molecule has 8 fully saturated rings. The van der Waals surface area contributed by atoms with Crippen molar-refractivity contribution >= 4 is 23.5 Å². The summed E-state index contributed by atoms with van der Waals surface area (Å²) in [6, 6.07) is 0. The van der Waals surface area contributed by atoms with E-state index in [1.807, 2.05) is 7.11 Å². The summed E-state index contributed by atoms with van der Waals surface area (Å²) in [4.78, 5) is 54.3. The minimum absolute atomic E-state index is 0.00536. The van der Waals surface area contributed by atoms with Crippen LogP contribution in [0.25, 0.3) is 0 Å². The van der Waals surface area contributed by atoms with Gasteiger partial charge in [-0.15, -0.1) is 0 Å². The van der Waals surface area contributed by atoms with Crippen molar-refractivity contribution < 1.29 is 38.5 Å². The molecule has 0 aromatic heterocycles. The van der Waals surface area contributed by atoms with Gasteiger partial charge in [-0.1, -0.05) is 94.2 Å². The second kappa shape index (κ2) is 16.6. The molecular formula is C63H98O8. The number of ether oxygens (including phenoxy) is 3. The average Bonchev–Trinajstić information content (AvgIpc) is 3.29. The summed E-state index contributed by atoms with van der Waals surface area (Å²) in [6.45, 7) is 32.8. The van der Waals surface area contributed by atoms with E-state index < -0.39 is 10.8 Å². The van der Waals surface area contributed by atoms with E-state index in [1.54, 1.807) is 0 Å². The van der Waals surface area contributed by atoms with Gasteiger partial charge in [-0.3, -0.25) is 19.2 Å². The van der Waals surface area contributed by atoms with Gasteiger partial charge >= 0.3 is 11.9 Å². The average molecular weight is 983 g/mol. The van der Waals surface area contributed by atoms with Crippen molar-refractivity contribution in [3.63, 3.8) is 0 Å². The zero-order chi connectivity index (χ0) is 52.3. The van der Waals surface area contributed by atoms with Crippen LogP contribution in [0, 0.1) is 100 Å². The second-order valence-corrected chi connectivity index (χ2v) is 30.4. The Morgan fingerprint density at radius 3 is 1.27 bits per heavy atom. The molecule has 10 aliphatic rings. The van der Waals surface area contributed by atoms with Crippen LogP contribution in [0.4, 0.5) is 0 Å². The predicted molar refractivity (Wildman–Crippen MR) is 280 cm³/mol. The fraction of sp³-hybridized carbons (Fsp3) is 0.873. The van der Waals surface area contributed by atoms with Gasteiger partial charge in [-0.05, 0) is 219 Å². The minimum atomic E-state index is -0.480. The van der Waals surface area contributed by atoms with Crippen molar-refractivity contribution in [1.82, 2.24) is 0 Å². The third-order valence-electron chi connectivity index (χ3n) is 26.7. The third-order valence-corrected chi connectivity index (χ3v) is 26.7. The fourth-order valence-corrected chi connectivity index (χ4v) is 21.6. The Morgan fingerprint density at radius 2 is 0.873 bits per heavy atom. The summed E-state index contributed by atoms with van der Waals surface area (Å²) in [5.74, 6) is 1.87. The van der Waals surface area contributed by atoms with E-state index in [0.717, 1.165) is 109 Å². The predicted octanol–water partition coefficient (Wildman–Crippen LogP) is 13.7. The number of methoxy groups -OCH3 is 3. The zero-order valence-electron chi connectivity index (χ0n) is 47.8. The van der Waals surface area contributed by atoms with Crippen LogP contribution >= 0.6 is 0 Å². The lowest BCUT2D eigenvalue weighted by molar-refractivity contribution is -0.206. The van der Waals surface area contributed by atoms with Crippen LogP contribution in [0.3, 0.4) is 0 Å². The summed E-state index contributed by atoms with van der Waals surface area (Å²) >= 11 is 0. The molecule has 0 spiro atoms. The van der Waals surface area contributed by atoms with E-state index in [9.17, 15) is 24.3 Å². The van der Waals surface area contributed by atoms with E-state index in [1.165, 1.54) is 31.8 Å². The van der Waals surface area contributed by atoms with Gasteiger partial charge in [-0.2, -0.15) is 0 Å². The topological polar surface area (TPSA) is 116 Å². The van der Waals surface area contributed by atoms with Crippen molar-refractivity contribution in [2.24, 2.45) is 100 Å². The first-order valence-corrected chi connectivity index (χ1v) is 28.6. The van der Waals surface area contributed by atoms with Gasteiger partial charge in [0, 0.05) is 18.9 Å². The zero-order valence-corrected chi connectivity index (χ0v) is 47.8. The van der Waals surface area contributed by atoms with Gasteiger partial charge in [0.05, 0.1) is 37.3 Å². The van der Waals surface area contributed by atoms with Crippen molar-refractivity contribution in [2.45, 2.75) is 225 Å². The van der Waals surface area contributed by atoms with E-state index in [-0.39, 0.29) is 102 Å². The Bertz CT molecular complexity index is 2290. The van der Waals surface area contributed by atoms with E-state index in [0.29, 0.717) is 23.4 Å². The molecule has 8 saturated carbocycles. The molecule has 1 N–H and O–H groups in total. The molecule has 0 aliphatic heterocycles. The van der Waals surface area contributed by atoms with Gasteiger partial charge in [-0.25, -0.2) is 0 Å². The molecule has 0 amide bonds. The molecule has 18 atom stereocenters. The van der Waals surface area contributed by atoms with Crippen LogP contribution in [0.15, 0.2) is 23.3 Å². The highest BCUT2D eigenvalue weighted by atomic mass is 16.5. The first-order chi connectivity index (χ1) is 32.7. The number of hydrogen-bond donors (Lipinski definition) is 1. The molecule has 10 rings (SSSR count). The normalized spacial score (nSPS) is 52.3. The number of rotatable bonds is 3. The number of ketones is 2. The second-order valence-electron chi connectivity index (χ2n) is 30.4.